The highest BCUT2D eigenvalue weighted by atomic mass is 35.5. The van der Waals surface area contributed by atoms with E-state index < -0.39 is 6.10 Å². The van der Waals surface area contributed by atoms with Crippen LogP contribution < -0.4 is 5.32 Å². The fraction of sp³-hybridized carbons (Fsp3) is 0.235. The molecule has 0 saturated heterocycles. The lowest BCUT2D eigenvalue weighted by Crippen LogP contribution is -2.33. The summed E-state index contributed by atoms with van der Waals surface area (Å²) >= 11 is 6.05. The lowest BCUT2D eigenvalue weighted by atomic mass is 10.1. The van der Waals surface area contributed by atoms with Crippen LogP contribution in [0, 0.1) is 6.92 Å². The molecule has 0 saturated carbocycles. The van der Waals surface area contributed by atoms with E-state index in [2.05, 4.69) is 5.32 Å². The van der Waals surface area contributed by atoms with Crippen LogP contribution in [0.1, 0.15) is 33.1 Å². The third-order valence-electron chi connectivity index (χ3n) is 3.92. The van der Waals surface area contributed by atoms with Crippen LogP contribution in [0.5, 0.6) is 0 Å². The van der Waals surface area contributed by atoms with E-state index in [1.807, 2.05) is 37.3 Å². The summed E-state index contributed by atoms with van der Waals surface area (Å²) in [5.74, 6) is -0.224. The number of aryl methyl sites for hydroxylation is 1. The molecule has 0 aliphatic heterocycles. The van der Waals surface area contributed by atoms with E-state index in [0.29, 0.717) is 17.0 Å². The van der Waals surface area contributed by atoms with Gasteiger partial charge in [-0.15, -0.1) is 0 Å². The molecule has 0 unspecified atom stereocenters. The minimum Gasteiger partial charge on any atom is -0.390 e. The first-order valence-electron chi connectivity index (χ1n) is 6.89. The summed E-state index contributed by atoms with van der Waals surface area (Å²) in [5, 5.41) is 13.6. The standard InChI is InChI=1S/C17H16ClNO2/c1-10-6-7-12(8-14(10)18)17(21)19-16-13-5-3-2-4-11(13)9-15(16)20/h2-8,15-16,20H,9H2,1H3,(H,19,21)/t15-,16+/m0/s1. The molecule has 0 spiro atoms. The van der Waals surface area contributed by atoms with E-state index in [-0.39, 0.29) is 11.9 Å². The van der Waals surface area contributed by atoms with Crippen molar-refractivity contribution in [3.05, 3.63) is 69.7 Å². The Kier molecular flexibility index (Phi) is 3.70. The lowest BCUT2D eigenvalue weighted by Gasteiger charge is -2.18. The Morgan fingerprint density at radius 3 is 2.81 bits per heavy atom. The van der Waals surface area contributed by atoms with Crippen molar-refractivity contribution in [1.82, 2.24) is 5.32 Å². The number of aliphatic hydroxyl groups is 1. The molecule has 2 atom stereocenters. The summed E-state index contributed by atoms with van der Waals surface area (Å²) in [6, 6.07) is 12.6. The van der Waals surface area contributed by atoms with Crippen LogP contribution >= 0.6 is 11.6 Å². The highest BCUT2D eigenvalue weighted by molar-refractivity contribution is 6.31. The average Bonchev–Trinajstić information content (AvgIpc) is 2.78. The molecule has 1 amide bonds. The Hall–Kier alpha value is -1.84. The van der Waals surface area contributed by atoms with Crippen molar-refractivity contribution in [3.8, 4) is 0 Å². The smallest absolute Gasteiger partial charge is 0.251 e. The van der Waals surface area contributed by atoms with Gasteiger partial charge in [-0.25, -0.2) is 0 Å². The van der Waals surface area contributed by atoms with E-state index in [0.717, 1.165) is 16.7 Å². The summed E-state index contributed by atoms with van der Waals surface area (Å²) in [6.45, 7) is 1.89. The Morgan fingerprint density at radius 1 is 1.29 bits per heavy atom. The number of rotatable bonds is 2. The molecule has 2 N–H and O–H groups in total. The first-order valence-corrected chi connectivity index (χ1v) is 7.27. The van der Waals surface area contributed by atoms with Gasteiger partial charge in [0, 0.05) is 17.0 Å². The normalized spacial score (nSPS) is 20.1. The van der Waals surface area contributed by atoms with Crippen molar-refractivity contribution in [2.24, 2.45) is 0 Å². The average molecular weight is 302 g/mol. The van der Waals surface area contributed by atoms with Gasteiger partial charge in [-0.3, -0.25) is 4.79 Å². The van der Waals surface area contributed by atoms with Crippen LogP contribution in [0.3, 0.4) is 0 Å². The highest BCUT2D eigenvalue weighted by Gasteiger charge is 2.32. The van der Waals surface area contributed by atoms with Gasteiger partial charge in [-0.05, 0) is 35.7 Å². The van der Waals surface area contributed by atoms with Gasteiger partial charge < -0.3 is 10.4 Å². The Morgan fingerprint density at radius 2 is 2.05 bits per heavy atom. The van der Waals surface area contributed by atoms with E-state index in [9.17, 15) is 9.90 Å². The zero-order chi connectivity index (χ0) is 15.0. The number of halogens is 1. The molecular weight excluding hydrogens is 286 g/mol. The maximum atomic E-state index is 12.3. The quantitative estimate of drug-likeness (QED) is 0.896. The molecule has 21 heavy (non-hydrogen) atoms. The van der Waals surface area contributed by atoms with Crippen LogP contribution in [0.25, 0.3) is 0 Å². The maximum absolute atomic E-state index is 12.3. The molecule has 2 aromatic carbocycles. The zero-order valence-electron chi connectivity index (χ0n) is 11.6. The molecule has 108 valence electrons. The van der Waals surface area contributed by atoms with Gasteiger partial charge in [0.1, 0.15) is 0 Å². The summed E-state index contributed by atoms with van der Waals surface area (Å²) in [5.41, 5.74) is 3.50. The second-order valence-corrected chi connectivity index (χ2v) is 5.79. The molecule has 3 rings (SSSR count). The molecule has 0 aromatic heterocycles. The van der Waals surface area contributed by atoms with Crippen molar-refractivity contribution in [3.63, 3.8) is 0 Å². The fourth-order valence-corrected chi connectivity index (χ4v) is 2.89. The number of hydrogen-bond acceptors (Lipinski definition) is 2. The van der Waals surface area contributed by atoms with Crippen molar-refractivity contribution in [2.75, 3.05) is 0 Å². The van der Waals surface area contributed by atoms with Crippen LogP contribution in [0.15, 0.2) is 42.5 Å². The van der Waals surface area contributed by atoms with Crippen molar-refractivity contribution in [2.45, 2.75) is 25.5 Å². The monoisotopic (exact) mass is 301 g/mol. The first kappa shape index (κ1) is 14.1. The van der Waals surface area contributed by atoms with Crippen LogP contribution in [0.2, 0.25) is 5.02 Å². The Labute approximate surface area is 128 Å². The zero-order valence-corrected chi connectivity index (χ0v) is 12.4. The van der Waals surface area contributed by atoms with Gasteiger partial charge in [0.25, 0.3) is 5.91 Å². The summed E-state index contributed by atoms with van der Waals surface area (Å²) < 4.78 is 0. The Balaban J connectivity index is 1.83. The Bertz CT molecular complexity index is 699. The van der Waals surface area contributed by atoms with Crippen LogP contribution in [-0.4, -0.2) is 17.1 Å². The van der Waals surface area contributed by atoms with Crippen LogP contribution in [-0.2, 0) is 6.42 Å². The minimum atomic E-state index is -0.590. The fourth-order valence-electron chi connectivity index (χ4n) is 2.71. The number of fused-ring (bicyclic) bond motifs is 1. The largest absolute Gasteiger partial charge is 0.390 e. The summed E-state index contributed by atoms with van der Waals surface area (Å²) in [4.78, 5) is 12.3. The van der Waals surface area contributed by atoms with Crippen molar-refractivity contribution < 1.29 is 9.90 Å². The number of carbonyl (C=O) groups is 1. The molecule has 0 bridgehead atoms. The number of amides is 1. The van der Waals surface area contributed by atoms with E-state index in [1.165, 1.54) is 0 Å². The van der Waals surface area contributed by atoms with Gasteiger partial charge in [-0.2, -0.15) is 0 Å². The van der Waals surface area contributed by atoms with E-state index in [1.54, 1.807) is 12.1 Å². The predicted octanol–water partition coefficient (Wildman–Crippen LogP) is 3.04. The summed E-state index contributed by atoms with van der Waals surface area (Å²) in [6.07, 6.45) is -0.0252. The molecule has 1 aliphatic rings. The van der Waals surface area contributed by atoms with Gasteiger partial charge in [-0.1, -0.05) is 41.9 Å². The van der Waals surface area contributed by atoms with Crippen molar-refractivity contribution >= 4 is 17.5 Å². The maximum Gasteiger partial charge on any atom is 0.251 e. The van der Waals surface area contributed by atoms with Gasteiger partial charge in [0.2, 0.25) is 0 Å². The first-order chi connectivity index (χ1) is 10.1. The third kappa shape index (κ3) is 2.67. The molecule has 3 nitrogen and oxygen atoms in total. The van der Waals surface area contributed by atoms with E-state index >= 15 is 0 Å². The minimum absolute atomic E-state index is 0.224. The van der Waals surface area contributed by atoms with Crippen molar-refractivity contribution in [1.29, 1.82) is 0 Å². The predicted molar refractivity (Wildman–Crippen MR) is 82.5 cm³/mol. The number of nitrogens with one attached hydrogen (secondary N) is 1. The number of benzene rings is 2. The van der Waals surface area contributed by atoms with Gasteiger partial charge in [0.15, 0.2) is 0 Å². The second kappa shape index (κ2) is 5.51. The third-order valence-corrected chi connectivity index (χ3v) is 4.33. The van der Waals surface area contributed by atoms with Gasteiger partial charge in [0.05, 0.1) is 12.1 Å². The molecule has 0 heterocycles. The molecule has 0 radical (unpaired) electrons. The van der Waals surface area contributed by atoms with Crippen LogP contribution in [0.4, 0.5) is 0 Å². The number of carbonyl (C=O) groups excluding carboxylic acids is 1. The second-order valence-electron chi connectivity index (χ2n) is 5.39. The highest BCUT2D eigenvalue weighted by Crippen LogP contribution is 2.31. The SMILES string of the molecule is Cc1ccc(C(=O)N[C@@H]2c3ccccc3C[C@@H]2O)cc1Cl. The van der Waals surface area contributed by atoms with Gasteiger partial charge >= 0.3 is 0 Å². The molecule has 1 aliphatic carbocycles. The number of aliphatic hydroxyl groups excluding tert-OH is 1. The molecule has 2 aromatic rings. The topological polar surface area (TPSA) is 49.3 Å². The molecule has 0 fully saturated rings. The number of hydrogen-bond donors (Lipinski definition) is 2. The summed E-state index contributed by atoms with van der Waals surface area (Å²) in [7, 11) is 0. The lowest BCUT2D eigenvalue weighted by molar-refractivity contribution is 0.0858. The molecule has 4 heteroatoms. The van der Waals surface area contributed by atoms with E-state index in [4.69, 9.17) is 11.6 Å². The molecular formula is C17H16ClNO2.